The minimum atomic E-state index is 0.315. The second kappa shape index (κ2) is 5.61. The zero-order chi connectivity index (χ0) is 12.3. The summed E-state index contributed by atoms with van der Waals surface area (Å²) in [5.41, 5.74) is 0.315. The summed E-state index contributed by atoms with van der Waals surface area (Å²) in [7, 11) is 2.20. The number of aliphatic imine (C=N–C) groups is 1. The second-order valence-electron chi connectivity index (χ2n) is 5.46. The summed E-state index contributed by atoms with van der Waals surface area (Å²) in [5, 5.41) is 4.82. The van der Waals surface area contributed by atoms with E-state index in [0.717, 1.165) is 12.5 Å². The molecule has 2 saturated heterocycles. The minimum Gasteiger partial charge on any atom is -0.359 e. The Bertz CT molecular complexity index is 286. The molecule has 17 heavy (non-hydrogen) atoms. The predicted molar refractivity (Wildman–Crippen MR) is 76.8 cm³/mol. The molecule has 1 atom stereocenters. The molecule has 2 heterocycles. The maximum Gasteiger partial charge on any atom is 0.157 e. The van der Waals surface area contributed by atoms with Crippen molar-refractivity contribution in [1.29, 1.82) is 0 Å². The number of hydrogen-bond acceptors (Lipinski definition) is 3. The maximum absolute atomic E-state index is 4.77. The fourth-order valence-electron chi connectivity index (χ4n) is 2.61. The first-order valence-corrected chi connectivity index (χ1v) is 7.80. The first kappa shape index (κ1) is 13.2. The summed E-state index contributed by atoms with van der Waals surface area (Å²) in [5.74, 6) is 1.96. The van der Waals surface area contributed by atoms with Crippen molar-refractivity contribution < 1.29 is 0 Å². The molecule has 0 aromatic rings. The van der Waals surface area contributed by atoms with Crippen molar-refractivity contribution in [1.82, 2.24) is 10.2 Å². The lowest BCUT2D eigenvalue weighted by atomic mass is 9.96. The molecule has 1 unspecified atom stereocenters. The fraction of sp³-hybridized carbons (Fsp3) is 0.923. The largest absolute Gasteiger partial charge is 0.359 e. The Balaban J connectivity index is 1.83. The van der Waals surface area contributed by atoms with E-state index in [1.807, 2.05) is 11.8 Å². The molecule has 1 N–H and O–H groups in total. The van der Waals surface area contributed by atoms with Crippen LogP contribution in [0.3, 0.4) is 0 Å². The van der Waals surface area contributed by atoms with Crippen LogP contribution in [0.4, 0.5) is 0 Å². The van der Waals surface area contributed by atoms with Crippen LogP contribution in [0.5, 0.6) is 0 Å². The molecule has 2 rings (SSSR count). The Morgan fingerprint density at radius 2 is 2.24 bits per heavy atom. The van der Waals surface area contributed by atoms with Crippen LogP contribution in [0, 0.1) is 5.92 Å². The van der Waals surface area contributed by atoms with Crippen LogP contribution in [-0.2, 0) is 0 Å². The minimum absolute atomic E-state index is 0.315. The van der Waals surface area contributed by atoms with E-state index >= 15 is 0 Å². The maximum atomic E-state index is 4.77. The monoisotopic (exact) mass is 255 g/mol. The topological polar surface area (TPSA) is 27.6 Å². The fourth-order valence-corrected chi connectivity index (χ4v) is 3.96. The van der Waals surface area contributed by atoms with E-state index in [2.05, 4.69) is 31.1 Å². The highest BCUT2D eigenvalue weighted by molar-refractivity contribution is 8.14. The number of nitrogens with one attached hydrogen (secondary N) is 1. The molecule has 0 saturated carbocycles. The van der Waals surface area contributed by atoms with Crippen molar-refractivity contribution in [2.45, 2.75) is 38.6 Å². The number of hydrogen-bond donors (Lipinski definition) is 1. The van der Waals surface area contributed by atoms with Crippen molar-refractivity contribution in [3.8, 4) is 0 Å². The van der Waals surface area contributed by atoms with Crippen LogP contribution in [-0.4, -0.2) is 48.0 Å². The number of rotatable bonds is 4. The van der Waals surface area contributed by atoms with Crippen LogP contribution in [0.1, 0.15) is 33.1 Å². The molecule has 0 bridgehead atoms. The van der Waals surface area contributed by atoms with Gasteiger partial charge in [-0.1, -0.05) is 25.6 Å². The lowest BCUT2D eigenvalue weighted by Gasteiger charge is -2.25. The number of likely N-dealkylation sites (tertiary alicyclic amines) is 1. The quantitative estimate of drug-likeness (QED) is 0.834. The van der Waals surface area contributed by atoms with Gasteiger partial charge in [-0.3, -0.25) is 4.99 Å². The molecule has 98 valence electrons. The van der Waals surface area contributed by atoms with Crippen molar-refractivity contribution in [3.63, 3.8) is 0 Å². The Morgan fingerprint density at radius 1 is 1.47 bits per heavy atom. The van der Waals surface area contributed by atoms with Gasteiger partial charge < -0.3 is 10.2 Å². The van der Waals surface area contributed by atoms with Crippen molar-refractivity contribution in [2.24, 2.45) is 10.9 Å². The highest BCUT2D eigenvalue weighted by Crippen LogP contribution is 2.29. The van der Waals surface area contributed by atoms with E-state index in [0.29, 0.717) is 5.54 Å². The van der Waals surface area contributed by atoms with Gasteiger partial charge in [-0.05, 0) is 38.8 Å². The van der Waals surface area contributed by atoms with Crippen molar-refractivity contribution in [3.05, 3.63) is 0 Å². The molecule has 0 amide bonds. The third kappa shape index (κ3) is 3.16. The summed E-state index contributed by atoms with van der Waals surface area (Å²) >= 11 is 1.91. The summed E-state index contributed by atoms with van der Waals surface area (Å²) in [6.45, 7) is 8.00. The third-order valence-electron chi connectivity index (χ3n) is 4.19. The number of thioether (sulfide) groups is 1. The average Bonchev–Trinajstić information content (AvgIpc) is 2.93. The van der Waals surface area contributed by atoms with Gasteiger partial charge in [-0.15, -0.1) is 0 Å². The zero-order valence-corrected chi connectivity index (χ0v) is 12.1. The van der Waals surface area contributed by atoms with E-state index in [9.17, 15) is 0 Å². The lowest BCUT2D eigenvalue weighted by Crippen LogP contribution is -2.42. The molecular formula is C13H25N3S. The average molecular weight is 255 g/mol. The van der Waals surface area contributed by atoms with E-state index in [4.69, 9.17) is 4.99 Å². The van der Waals surface area contributed by atoms with Crippen molar-refractivity contribution in [2.75, 3.05) is 32.4 Å². The van der Waals surface area contributed by atoms with E-state index in [-0.39, 0.29) is 0 Å². The van der Waals surface area contributed by atoms with Crippen LogP contribution < -0.4 is 5.32 Å². The molecule has 2 aliphatic heterocycles. The molecular weight excluding hydrogens is 230 g/mol. The Kier molecular flexibility index (Phi) is 4.36. The van der Waals surface area contributed by atoms with Gasteiger partial charge >= 0.3 is 0 Å². The van der Waals surface area contributed by atoms with Gasteiger partial charge in [-0.2, -0.15) is 0 Å². The standard InChI is InChI=1S/C13H25N3S/c1-4-13(5-2)10-17-12(15-13)14-8-11-6-7-16(3)9-11/h11H,4-10H2,1-3H3,(H,14,15). The second-order valence-corrected chi connectivity index (χ2v) is 6.43. The molecule has 0 spiro atoms. The normalized spacial score (nSPS) is 31.0. The van der Waals surface area contributed by atoms with Gasteiger partial charge in [-0.25, -0.2) is 0 Å². The summed E-state index contributed by atoms with van der Waals surface area (Å²) in [6, 6.07) is 0. The molecule has 3 nitrogen and oxygen atoms in total. The number of amidine groups is 1. The van der Waals surface area contributed by atoms with Gasteiger partial charge in [0.2, 0.25) is 0 Å². The molecule has 0 aromatic heterocycles. The Hall–Kier alpha value is -0.220. The molecule has 2 aliphatic rings. The SMILES string of the molecule is CCC1(CC)CSC(=NCC2CCN(C)C2)N1. The first-order valence-electron chi connectivity index (χ1n) is 6.81. The van der Waals surface area contributed by atoms with Crippen LogP contribution in [0.2, 0.25) is 0 Å². The molecule has 4 heteroatoms. The lowest BCUT2D eigenvalue weighted by molar-refractivity contribution is 0.396. The molecule has 0 radical (unpaired) electrons. The summed E-state index contributed by atoms with van der Waals surface area (Å²) < 4.78 is 0. The first-order chi connectivity index (χ1) is 8.17. The number of nitrogens with zero attached hydrogens (tertiary/aromatic N) is 2. The van der Waals surface area contributed by atoms with Crippen LogP contribution in [0.25, 0.3) is 0 Å². The highest BCUT2D eigenvalue weighted by Gasteiger charge is 2.33. The molecule has 2 fully saturated rings. The van der Waals surface area contributed by atoms with Gasteiger partial charge in [0, 0.05) is 24.4 Å². The third-order valence-corrected chi connectivity index (χ3v) is 5.39. The zero-order valence-electron chi connectivity index (χ0n) is 11.3. The van der Waals surface area contributed by atoms with E-state index < -0.39 is 0 Å². The van der Waals surface area contributed by atoms with Crippen molar-refractivity contribution >= 4 is 16.9 Å². The summed E-state index contributed by atoms with van der Waals surface area (Å²) in [4.78, 5) is 7.18. The van der Waals surface area contributed by atoms with Gasteiger partial charge in [0.05, 0.1) is 0 Å². The highest BCUT2D eigenvalue weighted by atomic mass is 32.2. The van der Waals surface area contributed by atoms with Gasteiger partial charge in [0.25, 0.3) is 0 Å². The molecule has 0 aromatic carbocycles. The van der Waals surface area contributed by atoms with Crippen LogP contribution >= 0.6 is 11.8 Å². The van der Waals surface area contributed by atoms with E-state index in [1.54, 1.807) is 0 Å². The van der Waals surface area contributed by atoms with E-state index in [1.165, 1.54) is 43.3 Å². The van der Waals surface area contributed by atoms with Gasteiger partial charge in [0.15, 0.2) is 5.17 Å². The predicted octanol–water partition coefficient (Wildman–Crippen LogP) is 2.19. The smallest absolute Gasteiger partial charge is 0.157 e. The molecule has 0 aliphatic carbocycles. The summed E-state index contributed by atoms with van der Waals surface area (Å²) in [6.07, 6.45) is 3.70. The Morgan fingerprint density at radius 3 is 2.76 bits per heavy atom. The Labute approximate surface area is 109 Å². The van der Waals surface area contributed by atoms with Gasteiger partial charge in [0.1, 0.15) is 0 Å². The van der Waals surface area contributed by atoms with Crippen LogP contribution in [0.15, 0.2) is 4.99 Å².